The summed E-state index contributed by atoms with van der Waals surface area (Å²) in [5.41, 5.74) is 0.856. The summed E-state index contributed by atoms with van der Waals surface area (Å²) < 4.78 is 75.1. The van der Waals surface area contributed by atoms with Gasteiger partial charge in [-0.15, -0.1) is 0 Å². The second-order valence-electron chi connectivity index (χ2n) is 7.18. The first kappa shape index (κ1) is 23.7. The summed E-state index contributed by atoms with van der Waals surface area (Å²) in [4.78, 5) is 11.8. The van der Waals surface area contributed by atoms with Crippen molar-refractivity contribution >= 4 is 38.5 Å². The Morgan fingerprint density at radius 3 is 2.47 bits per heavy atom. The van der Waals surface area contributed by atoms with Gasteiger partial charge in [-0.25, -0.2) is 18.4 Å². The van der Waals surface area contributed by atoms with E-state index in [2.05, 4.69) is 19.7 Å². The SMILES string of the molecule is Cc1cccc2nc(OC(c3cccnc3)C(F)(F)F)c(NS(=O)(=O)c3ccccc3Cl)nc12. The summed E-state index contributed by atoms with van der Waals surface area (Å²) in [5, 5.41) is -0.0778. The second-order valence-corrected chi connectivity index (χ2v) is 9.24. The molecule has 0 amide bonds. The van der Waals surface area contributed by atoms with Crippen LogP contribution in [0.3, 0.4) is 0 Å². The first-order valence-corrected chi connectivity index (χ1v) is 11.6. The van der Waals surface area contributed by atoms with Crippen molar-refractivity contribution in [3.63, 3.8) is 0 Å². The molecule has 7 nitrogen and oxygen atoms in total. The van der Waals surface area contributed by atoms with Crippen LogP contribution >= 0.6 is 11.6 Å². The number of rotatable bonds is 6. The Labute approximate surface area is 197 Å². The number of para-hydroxylation sites is 1. The molecule has 2 aromatic carbocycles. The molecule has 0 aliphatic carbocycles. The average molecular weight is 509 g/mol. The molecule has 0 saturated heterocycles. The highest BCUT2D eigenvalue weighted by Gasteiger charge is 2.44. The Hall–Kier alpha value is -3.44. The van der Waals surface area contributed by atoms with Crippen molar-refractivity contribution in [2.75, 3.05) is 4.72 Å². The van der Waals surface area contributed by atoms with Gasteiger partial charge in [-0.05, 0) is 36.8 Å². The number of sulfonamides is 1. The number of nitrogens with zero attached hydrogens (tertiary/aromatic N) is 3. The Morgan fingerprint density at radius 2 is 1.79 bits per heavy atom. The fourth-order valence-electron chi connectivity index (χ4n) is 3.16. The molecule has 0 bridgehead atoms. The van der Waals surface area contributed by atoms with E-state index in [0.717, 1.165) is 6.20 Å². The number of benzene rings is 2. The lowest BCUT2D eigenvalue weighted by atomic mass is 10.1. The van der Waals surface area contributed by atoms with E-state index < -0.39 is 34.0 Å². The van der Waals surface area contributed by atoms with Crippen LogP contribution in [0.25, 0.3) is 11.0 Å². The van der Waals surface area contributed by atoms with Crippen LogP contribution in [0.2, 0.25) is 5.02 Å². The lowest BCUT2D eigenvalue weighted by Crippen LogP contribution is -2.27. The summed E-state index contributed by atoms with van der Waals surface area (Å²) in [6.07, 6.45) is -5.00. The average Bonchev–Trinajstić information content (AvgIpc) is 2.78. The number of hydrogen-bond donors (Lipinski definition) is 1. The zero-order valence-corrected chi connectivity index (χ0v) is 19.0. The van der Waals surface area contributed by atoms with Crippen molar-refractivity contribution < 1.29 is 26.3 Å². The molecule has 0 radical (unpaired) electrons. The Morgan fingerprint density at radius 1 is 1.03 bits per heavy atom. The minimum Gasteiger partial charge on any atom is -0.457 e. The van der Waals surface area contributed by atoms with Crippen LogP contribution < -0.4 is 9.46 Å². The monoisotopic (exact) mass is 508 g/mol. The minimum absolute atomic E-state index is 0.0778. The van der Waals surface area contributed by atoms with Crippen LogP contribution in [0.1, 0.15) is 17.2 Å². The molecule has 2 heterocycles. The molecule has 1 atom stereocenters. The van der Waals surface area contributed by atoms with Crippen LogP contribution in [-0.2, 0) is 10.0 Å². The van der Waals surface area contributed by atoms with Crippen LogP contribution in [-0.4, -0.2) is 29.5 Å². The highest BCUT2D eigenvalue weighted by Crippen LogP contribution is 2.39. The molecular formula is C22H16ClF3N4O3S. The van der Waals surface area contributed by atoms with Crippen molar-refractivity contribution in [1.29, 1.82) is 0 Å². The summed E-state index contributed by atoms with van der Waals surface area (Å²) in [7, 11) is -4.34. The summed E-state index contributed by atoms with van der Waals surface area (Å²) >= 11 is 6.02. The van der Waals surface area contributed by atoms with E-state index in [-0.39, 0.29) is 26.5 Å². The maximum Gasteiger partial charge on any atom is 0.429 e. The van der Waals surface area contributed by atoms with Gasteiger partial charge in [0, 0.05) is 18.0 Å². The third kappa shape index (κ3) is 4.90. The number of aryl methyl sites for hydroxylation is 1. The van der Waals surface area contributed by atoms with Gasteiger partial charge < -0.3 is 4.74 Å². The van der Waals surface area contributed by atoms with Crippen molar-refractivity contribution in [3.05, 3.63) is 83.1 Å². The molecule has 0 aliphatic heterocycles. The number of hydrogen-bond acceptors (Lipinski definition) is 6. The molecule has 0 fully saturated rings. The molecule has 0 spiro atoms. The molecule has 1 unspecified atom stereocenters. The quantitative estimate of drug-likeness (QED) is 0.371. The van der Waals surface area contributed by atoms with E-state index in [1.807, 2.05) is 0 Å². The van der Waals surface area contributed by atoms with Crippen molar-refractivity contribution in [3.8, 4) is 5.88 Å². The maximum absolute atomic E-state index is 13.9. The van der Waals surface area contributed by atoms with Crippen LogP contribution in [0.5, 0.6) is 5.88 Å². The molecule has 4 rings (SSSR count). The highest BCUT2D eigenvalue weighted by atomic mass is 35.5. The molecule has 0 saturated carbocycles. The number of anilines is 1. The van der Waals surface area contributed by atoms with E-state index in [1.165, 1.54) is 48.7 Å². The molecule has 176 valence electrons. The molecule has 0 aliphatic rings. The fourth-order valence-corrected chi connectivity index (χ4v) is 4.68. The topological polar surface area (TPSA) is 94.1 Å². The number of alkyl halides is 3. The number of pyridine rings is 1. The summed E-state index contributed by atoms with van der Waals surface area (Å²) in [6.45, 7) is 1.71. The number of aromatic nitrogens is 3. The van der Waals surface area contributed by atoms with Gasteiger partial charge in [0.2, 0.25) is 11.9 Å². The Balaban J connectivity index is 1.86. The van der Waals surface area contributed by atoms with Gasteiger partial charge in [-0.2, -0.15) is 13.2 Å². The third-order valence-electron chi connectivity index (χ3n) is 4.74. The smallest absolute Gasteiger partial charge is 0.429 e. The number of fused-ring (bicyclic) bond motifs is 1. The van der Waals surface area contributed by atoms with Crippen LogP contribution in [0, 0.1) is 6.92 Å². The van der Waals surface area contributed by atoms with E-state index in [9.17, 15) is 21.6 Å². The summed E-state index contributed by atoms with van der Waals surface area (Å²) in [5.74, 6) is -1.17. The lowest BCUT2D eigenvalue weighted by molar-refractivity contribution is -0.198. The van der Waals surface area contributed by atoms with Gasteiger partial charge in [0.05, 0.1) is 16.1 Å². The van der Waals surface area contributed by atoms with Gasteiger partial charge >= 0.3 is 6.18 Å². The first-order chi connectivity index (χ1) is 16.1. The zero-order valence-electron chi connectivity index (χ0n) is 17.4. The standard InChI is InChI=1S/C22H16ClF3N4O3S/c1-13-6-4-9-16-18(13)29-20(30-34(31,32)17-10-3-2-8-15(17)23)21(28-16)33-19(22(24,25)26)14-7-5-11-27-12-14/h2-12,19H,1H3,(H,29,30). The van der Waals surface area contributed by atoms with E-state index >= 15 is 0 Å². The van der Waals surface area contributed by atoms with Gasteiger partial charge in [0.15, 0.2) is 0 Å². The normalized spacial score (nSPS) is 13.0. The minimum atomic E-state index is -4.86. The third-order valence-corrected chi connectivity index (χ3v) is 6.57. The van der Waals surface area contributed by atoms with Gasteiger partial charge in [0.1, 0.15) is 4.90 Å². The maximum atomic E-state index is 13.9. The fraction of sp³-hybridized carbons (Fsp3) is 0.136. The van der Waals surface area contributed by atoms with E-state index in [1.54, 1.807) is 19.1 Å². The molecule has 12 heteroatoms. The van der Waals surface area contributed by atoms with Crippen molar-refractivity contribution in [1.82, 2.24) is 15.0 Å². The summed E-state index contributed by atoms with van der Waals surface area (Å²) in [6, 6.07) is 13.0. The first-order valence-electron chi connectivity index (χ1n) is 9.74. The second kappa shape index (κ2) is 9.07. The molecule has 34 heavy (non-hydrogen) atoms. The van der Waals surface area contributed by atoms with Gasteiger partial charge in [0.25, 0.3) is 15.9 Å². The van der Waals surface area contributed by atoms with Gasteiger partial charge in [-0.1, -0.05) is 41.9 Å². The van der Waals surface area contributed by atoms with Crippen LogP contribution in [0.4, 0.5) is 19.0 Å². The predicted molar refractivity (Wildman–Crippen MR) is 120 cm³/mol. The Kier molecular flexibility index (Phi) is 6.32. The molecule has 4 aromatic rings. The number of halogens is 4. The number of ether oxygens (including phenoxy) is 1. The zero-order chi connectivity index (χ0) is 24.5. The van der Waals surface area contributed by atoms with Crippen molar-refractivity contribution in [2.24, 2.45) is 0 Å². The molecule has 2 aromatic heterocycles. The molecular weight excluding hydrogens is 493 g/mol. The molecule has 1 N–H and O–H groups in total. The van der Waals surface area contributed by atoms with E-state index in [4.69, 9.17) is 16.3 Å². The highest BCUT2D eigenvalue weighted by molar-refractivity contribution is 7.92. The lowest BCUT2D eigenvalue weighted by Gasteiger charge is -2.22. The Bertz CT molecular complexity index is 1450. The number of nitrogens with one attached hydrogen (secondary N) is 1. The van der Waals surface area contributed by atoms with Crippen molar-refractivity contribution in [2.45, 2.75) is 24.1 Å². The van der Waals surface area contributed by atoms with Crippen LogP contribution in [0.15, 0.2) is 71.9 Å². The largest absolute Gasteiger partial charge is 0.457 e. The van der Waals surface area contributed by atoms with E-state index in [0.29, 0.717) is 5.56 Å². The predicted octanol–water partition coefficient (Wildman–Crippen LogP) is 5.47. The van der Waals surface area contributed by atoms with Gasteiger partial charge in [-0.3, -0.25) is 9.71 Å².